The fourth-order valence-corrected chi connectivity index (χ4v) is 3.38. The van der Waals surface area contributed by atoms with Gasteiger partial charge in [0, 0.05) is 25.0 Å². The van der Waals surface area contributed by atoms with Crippen LogP contribution in [0.3, 0.4) is 0 Å². The highest BCUT2D eigenvalue weighted by atomic mass is 16.4. The van der Waals surface area contributed by atoms with Crippen LogP contribution in [0.4, 0.5) is 0 Å². The largest absolute Gasteiger partial charge is 0.481 e. The van der Waals surface area contributed by atoms with E-state index in [9.17, 15) is 4.79 Å². The van der Waals surface area contributed by atoms with Crippen molar-refractivity contribution < 1.29 is 9.90 Å². The van der Waals surface area contributed by atoms with Crippen molar-refractivity contribution in [1.82, 2.24) is 9.80 Å². The molecule has 2 aliphatic rings. The average molecular weight is 240 g/mol. The molecule has 0 bridgehead atoms. The van der Waals surface area contributed by atoms with Gasteiger partial charge in [-0.1, -0.05) is 6.42 Å². The van der Waals surface area contributed by atoms with Gasteiger partial charge in [-0.05, 0) is 45.8 Å². The molecule has 0 amide bonds. The average Bonchev–Trinajstić information content (AvgIpc) is 2.72. The third-order valence-corrected chi connectivity index (χ3v) is 4.29. The van der Waals surface area contributed by atoms with E-state index in [4.69, 9.17) is 5.11 Å². The lowest BCUT2D eigenvalue weighted by atomic mass is 9.98. The summed E-state index contributed by atoms with van der Waals surface area (Å²) >= 11 is 0. The Bertz CT molecular complexity index is 270. The fraction of sp³-hybridized carbons (Fsp3) is 0.923. The molecule has 0 aromatic carbocycles. The normalized spacial score (nSPS) is 29.5. The molecular weight excluding hydrogens is 216 g/mol. The fourth-order valence-electron chi connectivity index (χ4n) is 3.38. The third kappa shape index (κ3) is 3.19. The molecule has 0 spiro atoms. The molecule has 2 fully saturated rings. The van der Waals surface area contributed by atoms with Crippen LogP contribution in [0.15, 0.2) is 0 Å². The molecule has 2 aliphatic heterocycles. The van der Waals surface area contributed by atoms with Gasteiger partial charge < -0.3 is 10.0 Å². The van der Waals surface area contributed by atoms with E-state index in [0.29, 0.717) is 12.5 Å². The summed E-state index contributed by atoms with van der Waals surface area (Å²) in [6, 6.07) is 1.39. The van der Waals surface area contributed by atoms with Gasteiger partial charge in [0.15, 0.2) is 0 Å². The highest BCUT2D eigenvalue weighted by Gasteiger charge is 2.37. The molecule has 2 heterocycles. The van der Waals surface area contributed by atoms with E-state index in [1.54, 1.807) is 0 Å². The van der Waals surface area contributed by atoms with Gasteiger partial charge in [-0.3, -0.25) is 9.69 Å². The number of nitrogens with zero attached hydrogens (tertiary/aromatic N) is 2. The molecule has 0 aromatic rings. The summed E-state index contributed by atoms with van der Waals surface area (Å²) in [6.45, 7) is 3.42. The predicted octanol–water partition coefficient (Wildman–Crippen LogP) is 1.41. The van der Waals surface area contributed by atoms with Gasteiger partial charge in [-0.2, -0.15) is 0 Å². The predicted molar refractivity (Wildman–Crippen MR) is 67.1 cm³/mol. The van der Waals surface area contributed by atoms with E-state index in [0.717, 1.165) is 19.0 Å². The highest BCUT2D eigenvalue weighted by Crippen LogP contribution is 2.29. The van der Waals surface area contributed by atoms with Crippen LogP contribution in [-0.4, -0.2) is 59.6 Å². The summed E-state index contributed by atoms with van der Waals surface area (Å²) in [5.41, 5.74) is 0. The topological polar surface area (TPSA) is 43.8 Å². The van der Waals surface area contributed by atoms with E-state index in [1.165, 1.54) is 38.8 Å². The lowest BCUT2D eigenvalue weighted by Crippen LogP contribution is -2.45. The number of carboxylic acids is 1. The first-order valence-corrected chi connectivity index (χ1v) is 6.84. The molecule has 0 aliphatic carbocycles. The SMILES string of the molecule is CN(CCCC(=O)O)C1CCN2CCCCC12. The van der Waals surface area contributed by atoms with Gasteiger partial charge in [0.05, 0.1) is 0 Å². The number of carbonyl (C=O) groups is 1. The van der Waals surface area contributed by atoms with E-state index < -0.39 is 5.97 Å². The van der Waals surface area contributed by atoms with Gasteiger partial charge in [-0.25, -0.2) is 0 Å². The number of likely N-dealkylation sites (N-methyl/N-ethyl adjacent to an activating group) is 1. The monoisotopic (exact) mass is 240 g/mol. The van der Waals surface area contributed by atoms with Crippen molar-refractivity contribution >= 4 is 5.97 Å². The Morgan fingerprint density at radius 3 is 2.94 bits per heavy atom. The van der Waals surface area contributed by atoms with Crippen LogP contribution in [0.25, 0.3) is 0 Å². The zero-order chi connectivity index (χ0) is 12.3. The van der Waals surface area contributed by atoms with Crippen molar-refractivity contribution in [3.63, 3.8) is 0 Å². The number of hydrogen-bond acceptors (Lipinski definition) is 3. The molecule has 0 radical (unpaired) electrons. The minimum Gasteiger partial charge on any atom is -0.481 e. The molecule has 2 saturated heterocycles. The zero-order valence-corrected chi connectivity index (χ0v) is 10.8. The number of fused-ring (bicyclic) bond motifs is 1. The molecule has 4 nitrogen and oxygen atoms in total. The summed E-state index contributed by atoms with van der Waals surface area (Å²) in [5.74, 6) is -0.677. The van der Waals surface area contributed by atoms with Crippen LogP contribution in [-0.2, 0) is 4.79 Å². The van der Waals surface area contributed by atoms with Crippen molar-refractivity contribution in [2.24, 2.45) is 0 Å². The van der Waals surface area contributed by atoms with E-state index in [2.05, 4.69) is 16.8 Å². The number of carboxylic acid groups (broad SMARTS) is 1. The summed E-state index contributed by atoms with van der Waals surface area (Å²) < 4.78 is 0. The van der Waals surface area contributed by atoms with Crippen LogP contribution in [0, 0.1) is 0 Å². The van der Waals surface area contributed by atoms with Gasteiger partial charge >= 0.3 is 5.97 Å². The maximum absolute atomic E-state index is 10.5. The minimum absolute atomic E-state index is 0.297. The second-order valence-corrected chi connectivity index (χ2v) is 5.43. The number of aliphatic carboxylic acids is 1. The summed E-state index contributed by atoms with van der Waals surface area (Å²) in [7, 11) is 2.16. The first-order chi connectivity index (χ1) is 8.18. The van der Waals surface area contributed by atoms with E-state index in [-0.39, 0.29) is 0 Å². The second kappa shape index (κ2) is 5.83. The van der Waals surface area contributed by atoms with Crippen molar-refractivity contribution in [1.29, 1.82) is 0 Å². The summed E-state index contributed by atoms with van der Waals surface area (Å²) in [5, 5.41) is 8.65. The summed E-state index contributed by atoms with van der Waals surface area (Å²) in [4.78, 5) is 15.5. The molecular formula is C13H24N2O2. The maximum atomic E-state index is 10.5. The van der Waals surface area contributed by atoms with Crippen LogP contribution in [0.5, 0.6) is 0 Å². The van der Waals surface area contributed by atoms with E-state index >= 15 is 0 Å². The quantitative estimate of drug-likeness (QED) is 0.789. The molecule has 2 unspecified atom stereocenters. The first-order valence-electron chi connectivity index (χ1n) is 6.84. The Morgan fingerprint density at radius 1 is 1.35 bits per heavy atom. The lowest BCUT2D eigenvalue weighted by molar-refractivity contribution is -0.137. The van der Waals surface area contributed by atoms with Gasteiger partial charge in [0.25, 0.3) is 0 Å². The zero-order valence-electron chi connectivity index (χ0n) is 10.8. The van der Waals surface area contributed by atoms with Crippen molar-refractivity contribution in [2.75, 3.05) is 26.7 Å². The Labute approximate surface area is 104 Å². The second-order valence-electron chi connectivity index (χ2n) is 5.43. The Hall–Kier alpha value is -0.610. The summed E-state index contributed by atoms with van der Waals surface area (Å²) in [6.07, 6.45) is 6.37. The Morgan fingerprint density at radius 2 is 2.18 bits per heavy atom. The maximum Gasteiger partial charge on any atom is 0.303 e. The smallest absolute Gasteiger partial charge is 0.303 e. The van der Waals surface area contributed by atoms with Crippen LogP contribution in [0.2, 0.25) is 0 Å². The van der Waals surface area contributed by atoms with Gasteiger partial charge in [-0.15, -0.1) is 0 Å². The van der Waals surface area contributed by atoms with Crippen molar-refractivity contribution in [2.45, 2.75) is 50.6 Å². The molecule has 0 aromatic heterocycles. The van der Waals surface area contributed by atoms with Crippen molar-refractivity contribution in [3.8, 4) is 0 Å². The molecule has 4 heteroatoms. The minimum atomic E-state index is -0.677. The molecule has 0 saturated carbocycles. The van der Waals surface area contributed by atoms with Crippen LogP contribution < -0.4 is 0 Å². The first kappa shape index (κ1) is 12.8. The molecule has 2 atom stereocenters. The number of rotatable bonds is 5. The van der Waals surface area contributed by atoms with Crippen LogP contribution in [0.1, 0.15) is 38.5 Å². The standard InChI is InChI=1S/C13H24N2O2/c1-14(8-4-6-13(16)17)11-7-10-15-9-3-2-5-12(11)15/h11-12H,2-10H2,1H3,(H,16,17). The van der Waals surface area contributed by atoms with Crippen LogP contribution >= 0.6 is 0 Å². The van der Waals surface area contributed by atoms with Crippen molar-refractivity contribution in [3.05, 3.63) is 0 Å². The number of hydrogen-bond donors (Lipinski definition) is 1. The van der Waals surface area contributed by atoms with Gasteiger partial charge in [0.1, 0.15) is 0 Å². The van der Waals surface area contributed by atoms with E-state index in [1.807, 2.05) is 0 Å². The highest BCUT2D eigenvalue weighted by molar-refractivity contribution is 5.66. The molecule has 17 heavy (non-hydrogen) atoms. The Balaban J connectivity index is 1.78. The molecule has 1 N–H and O–H groups in total. The molecule has 98 valence electrons. The third-order valence-electron chi connectivity index (χ3n) is 4.29. The Kier molecular flexibility index (Phi) is 4.40. The van der Waals surface area contributed by atoms with Gasteiger partial charge in [0.2, 0.25) is 0 Å². The molecule has 2 rings (SSSR count). The number of piperidine rings is 1. The lowest BCUT2D eigenvalue weighted by Gasteiger charge is -2.36.